The fourth-order valence-corrected chi connectivity index (χ4v) is 4.99. The van der Waals surface area contributed by atoms with E-state index in [9.17, 15) is 27.4 Å². The molecule has 0 radical (unpaired) electrons. The molecule has 4 N–H and O–H groups in total. The monoisotopic (exact) mass is 567 g/mol. The van der Waals surface area contributed by atoms with Gasteiger partial charge in [-0.05, 0) is 27.8 Å². The number of carbonyl (C=O) groups excluding carboxylic acids is 3. The van der Waals surface area contributed by atoms with Crippen LogP contribution in [0.1, 0.15) is 29.0 Å². The molecule has 1 unspecified atom stereocenters. The van der Waals surface area contributed by atoms with Crippen LogP contribution < -0.4 is 16.0 Å². The Kier molecular flexibility index (Phi) is 9.35. The van der Waals surface area contributed by atoms with Gasteiger partial charge in [0, 0.05) is 19.0 Å². The molecule has 0 bridgehead atoms. The number of ether oxygens (including phenoxy) is 2. The normalized spacial score (nSPS) is 12.9. The molecule has 4 rings (SSSR count). The molecule has 0 heterocycles. The summed E-state index contributed by atoms with van der Waals surface area (Å²) < 4.78 is 43.6. The van der Waals surface area contributed by atoms with Gasteiger partial charge in [0.05, 0.1) is 6.42 Å². The topological polar surface area (TPSA) is 160 Å². The summed E-state index contributed by atoms with van der Waals surface area (Å²) in [5.41, 5.74) is 4.81. The van der Waals surface area contributed by atoms with E-state index in [1.165, 1.54) is 0 Å². The molecule has 0 saturated carbocycles. The van der Waals surface area contributed by atoms with Crippen LogP contribution in [0.15, 0.2) is 78.9 Å². The molecule has 0 aliphatic heterocycles. The third-order valence-electron chi connectivity index (χ3n) is 6.28. The van der Waals surface area contributed by atoms with Crippen LogP contribution in [0.3, 0.4) is 0 Å². The Morgan fingerprint density at radius 2 is 1.35 bits per heavy atom. The van der Waals surface area contributed by atoms with Gasteiger partial charge in [-0.2, -0.15) is 8.42 Å². The van der Waals surface area contributed by atoms with Crippen molar-refractivity contribution in [1.29, 1.82) is 0 Å². The second-order valence-electron chi connectivity index (χ2n) is 9.02. The van der Waals surface area contributed by atoms with Crippen molar-refractivity contribution in [3.8, 4) is 11.1 Å². The smallest absolute Gasteiger partial charge is 0.408 e. The Balaban J connectivity index is 1.22. The molecule has 0 spiro atoms. The van der Waals surface area contributed by atoms with Gasteiger partial charge in [-0.15, -0.1) is 0 Å². The van der Waals surface area contributed by atoms with E-state index >= 15 is 0 Å². The van der Waals surface area contributed by atoms with Crippen molar-refractivity contribution in [2.45, 2.75) is 24.3 Å². The first kappa shape index (κ1) is 28.6. The quantitative estimate of drug-likeness (QED) is 0.203. The van der Waals surface area contributed by atoms with E-state index in [0.29, 0.717) is 0 Å². The average Bonchev–Trinajstić information content (AvgIpc) is 3.26. The van der Waals surface area contributed by atoms with Gasteiger partial charge >= 0.3 is 12.2 Å². The van der Waals surface area contributed by atoms with Gasteiger partial charge in [-0.1, -0.05) is 78.9 Å². The van der Waals surface area contributed by atoms with Crippen molar-refractivity contribution in [3.05, 3.63) is 95.6 Å². The van der Waals surface area contributed by atoms with E-state index in [1.807, 2.05) is 66.7 Å². The zero-order valence-corrected chi connectivity index (χ0v) is 22.2. The SMILES string of the molecule is O=C(CC(NC(=O)OCC1c2ccccc2-c2ccccc21)S(=O)(=O)O)NCCNC(=O)OCc1ccccc1. The summed E-state index contributed by atoms with van der Waals surface area (Å²) >= 11 is 0. The lowest BCUT2D eigenvalue weighted by molar-refractivity contribution is -0.121. The molecule has 12 heteroatoms. The minimum absolute atomic E-state index is 0.00963. The highest BCUT2D eigenvalue weighted by atomic mass is 32.2. The highest BCUT2D eigenvalue weighted by Crippen LogP contribution is 2.44. The molecule has 3 amide bonds. The van der Waals surface area contributed by atoms with E-state index in [4.69, 9.17) is 9.47 Å². The van der Waals surface area contributed by atoms with E-state index in [-0.39, 0.29) is 32.2 Å². The largest absolute Gasteiger partial charge is 0.449 e. The lowest BCUT2D eigenvalue weighted by atomic mass is 9.98. The van der Waals surface area contributed by atoms with Crippen LogP contribution in [-0.4, -0.2) is 56.1 Å². The summed E-state index contributed by atoms with van der Waals surface area (Å²) in [7, 11) is -4.83. The first-order chi connectivity index (χ1) is 19.2. The van der Waals surface area contributed by atoms with Gasteiger partial charge in [-0.25, -0.2) is 9.59 Å². The number of nitrogens with one attached hydrogen (secondary N) is 3. The second-order valence-corrected chi connectivity index (χ2v) is 10.6. The number of rotatable bonds is 11. The van der Waals surface area contributed by atoms with Crippen molar-refractivity contribution in [1.82, 2.24) is 16.0 Å². The standard InChI is InChI=1S/C28H29N3O8S/c32-25(29-14-15-30-27(33)38-17-19-8-2-1-3-9-19)16-26(40(35,36)37)31-28(34)39-18-24-22-12-6-4-10-20(22)21-11-5-7-13-23(21)24/h1-13,24,26H,14-18H2,(H,29,32)(H,30,33)(H,31,34)(H,35,36,37). The third-order valence-corrected chi connectivity index (χ3v) is 7.29. The van der Waals surface area contributed by atoms with Crippen LogP contribution in [0.25, 0.3) is 11.1 Å². The molecule has 0 aromatic heterocycles. The lowest BCUT2D eigenvalue weighted by Gasteiger charge is -2.18. The maximum atomic E-state index is 12.5. The molecule has 1 aliphatic carbocycles. The zero-order chi connectivity index (χ0) is 28.5. The number of hydrogen-bond acceptors (Lipinski definition) is 7. The second kappa shape index (κ2) is 13.1. The number of hydrogen-bond donors (Lipinski definition) is 4. The molecule has 3 aromatic rings. The number of alkyl carbamates (subject to hydrolysis) is 2. The van der Waals surface area contributed by atoms with Crippen LogP contribution in [0.5, 0.6) is 0 Å². The van der Waals surface area contributed by atoms with E-state index < -0.39 is 40.0 Å². The number of fused-ring (bicyclic) bond motifs is 3. The first-order valence-corrected chi connectivity index (χ1v) is 14.0. The average molecular weight is 568 g/mol. The summed E-state index contributed by atoms with van der Waals surface area (Å²) in [6, 6.07) is 24.5. The molecule has 40 heavy (non-hydrogen) atoms. The molecule has 210 valence electrons. The molecular weight excluding hydrogens is 538 g/mol. The summed E-state index contributed by atoms with van der Waals surface area (Å²) in [5.74, 6) is -1.03. The van der Waals surface area contributed by atoms with Gasteiger partial charge in [0.1, 0.15) is 13.2 Å². The Morgan fingerprint density at radius 3 is 1.98 bits per heavy atom. The van der Waals surface area contributed by atoms with Crippen molar-refractivity contribution in [3.63, 3.8) is 0 Å². The summed E-state index contributed by atoms with van der Waals surface area (Å²) in [5, 5.41) is 4.98. The van der Waals surface area contributed by atoms with Gasteiger partial charge in [0.2, 0.25) is 5.91 Å². The summed E-state index contributed by atoms with van der Waals surface area (Å²) in [6.07, 6.45) is -2.55. The Bertz CT molecular complexity index is 1420. The van der Waals surface area contributed by atoms with Crippen LogP contribution in [0, 0.1) is 0 Å². The van der Waals surface area contributed by atoms with Crippen LogP contribution in [0.2, 0.25) is 0 Å². The summed E-state index contributed by atoms with van der Waals surface area (Å²) in [4.78, 5) is 36.5. The zero-order valence-electron chi connectivity index (χ0n) is 21.4. The molecule has 1 aliphatic rings. The fraction of sp³-hybridized carbons (Fsp3) is 0.250. The molecule has 1 atom stereocenters. The predicted molar refractivity (Wildman–Crippen MR) is 146 cm³/mol. The number of benzene rings is 3. The number of amides is 3. The maximum Gasteiger partial charge on any atom is 0.408 e. The summed E-state index contributed by atoms with van der Waals surface area (Å²) in [6.45, 7) is -0.0228. The predicted octanol–water partition coefficient (Wildman–Crippen LogP) is 3.17. The van der Waals surface area contributed by atoms with Gasteiger partial charge < -0.3 is 25.4 Å². The fourth-order valence-electron chi connectivity index (χ4n) is 4.38. The maximum absolute atomic E-state index is 12.5. The Hall–Kier alpha value is -4.42. The van der Waals surface area contributed by atoms with Crippen LogP contribution in [0.4, 0.5) is 9.59 Å². The first-order valence-electron chi connectivity index (χ1n) is 12.5. The van der Waals surface area contributed by atoms with Crippen molar-refractivity contribution in [2.24, 2.45) is 0 Å². The van der Waals surface area contributed by atoms with Crippen molar-refractivity contribution >= 4 is 28.2 Å². The van der Waals surface area contributed by atoms with Crippen molar-refractivity contribution < 1.29 is 36.8 Å². The molecule has 0 fully saturated rings. The minimum atomic E-state index is -4.83. The lowest BCUT2D eigenvalue weighted by Crippen LogP contribution is -2.45. The van der Waals surface area contributed by atoms with E-state index in [1.54, 1.807) is 12.1 Å². The minimum Gasteiger partial charge on any atom is -0.449 e. The van der Waals surface area contributed by atoms with Gasteiger partial charge in [-0.3, -0.25) is 9.35 Å². The highest BCUT2D eigenvalue weighted by Gasteiger charge is 2.31. The molecular formula is C28H29N3O8S. The van der Waals surface area contributed by atoms with Crippen molar-refractivity contribution in [2.75, 3.05) is 19.7 Å². The number of carbonyl (C=O) groups is 3. The molecule has 11 nitrogen and oxygen atoms in total. The van der Waals surface area contributed by atoms with Crippen LogP contribution in [-0.2, 0) is 31.0 Å². The molecule has 3 aromatic carbocycles. The van der Waals surface area contributed by atoms with E-state index in [0.717, 1.165) is 27.8 Å². The highest BCUT2D eigenvalue weighted by molar-refractivity contribution is 7.86. The Labute approximate surface area is 231 Å². The Morgan fingerprint density at radius 1 is 0.775 bits per heavy atom. The molecule has 0 saturated heterocycles. The van der Waals surface area contributed by atoms with Gasteiger partial charge in [0.15, 0.2) is 5.37 Å². The van der Waals surface area contributed by atoms with Gasteiger partial charge in [0.25, 0.3) is 10.1 Å². The van der Waals surface area contributed by atoms with Crippen LogP contribution >= 0.6 is 0 Å². The third kappa shape index (κ3) is 7.58. The van der Waals surface area contributed by atoms with E-state index in [2.05, 4.69) is 16.0 Å².